The number of carbonyl (C=O) groups excluding carboxylic acids is 1. The maximum atomic E-state index is 11.8. The van der Waals surface area contributed by atoms with E-state index in [1.807, 2.05) is 38.1 Å². The maximum Gasteiger partial charge on any atom is 0.242 e. The summed E-state index contributed by atoms with van der Waals surface area (Å²) >= 11 is 3.46. The molecule has 0 saturated carbocycles. The molecule has 1 amide bonds. The molecule has 3 N–H and O–H groups in total. The first-order valence-electron chi connectivity index (χ1n) is 5.74. The lowest BCUT2D eigenvalue weighted by Gasteiger charge is -2.32. The van der Waals surface area contributed by atoms with E-state index in [1.54, 1.807) is 0 Å². The molecule has 3 nitrogen and oxygen atoms in total. The third-order valence-corrected chi connectivity index (χ3v) is 3.74. The Labute approximate surface area is 111 Å². The number of benzene rings is 1. The highest BCUT2D eigenvalue weighted by atomic mass is 79.9. The van der Waals surface area contributed by atoms with Gasteiger partial charge in [0.1, 0.15) is 5.54 Å². The van der Waals surface area contributed by atoms with E-state index in [4.69, 9.17) is 5.73 Å². The first-order valence-corrected chi connectivity index (χ1v) is 6.53. The zero-order chi connectivity index (χ0) is 13.1. The van der Waals surface area contributed by atoms with E-state index in [1.165, 1.54) is 0 Å². The predicted molar refractivity (Wildman–Crippen MR) is 73.6 cm³/mol. The van der Waals surface area contributed by atoms with Crippen LogP contribution in [0.4, 0.5) is 0 Å². The number of hydrogen-bond donors (Lipinski definition) is 2. The number of rotatable bonds is 5. The summed E-state index contributed by atoms with van der Waals surface area (Å²) < 4.78 is 0.886. The third kappa shape index (κ3) is 3.07. The van der Waals surface area contributed by atoms with Crippen molar-refractivity contribution in [3.8, 4) is 0 Å². The molecule has 1 rings (SSSR count). The minimum atomic E-state index is -0.852. The van der Waals surface area contributed by atoms with Crippen LogP contribution in [0.25, 0.3) is 0 Å². The van der Waals surface area contributed by atoms with Crippen LogP contribution in [0.5, 0.6) is 0 Å². The van der Waals surface area contributed by atoms with E-state index < -0.39 is 5.54 Å². The summed E-state index contributed by atoms with van der Waals surface area (Å²) in [5.74, 6) is -0.371. The Kier molecular flexibility index (Phi) is 4.71. The number of halogens is 1. The van der Waals surface area contributed by atoms with Crippen molar-refractivity contribution in [2.24, 2.45) is 5.73 Å². The summed E-state index contributed by atoms with van der Waals surface area (Å²) in [4.78, 5) is 11.8. The van der Waals surface area contributed by atoms with Crippen molar-refractivity contribution in [3.05, 3.63) is 34.3 Å². The first-order chi connectivity index (χ1) is 7.91. The Balaban J connectivity index is 3.17. The second-order valence-electron chi connectivity index (χ2n) is 4.42. The highest BCUT2D eigenvalue weighted by Crippen LogP contribution is 2.28. The van der Waals surface area contributed by atoms with Crippen LogP contribution in [0.1, 0.15) is 32.8 Å². The minimum absolute atomic E-state index is 0.222. The molecular weight excluding hydrogens is 280 g/mol. The van der Waals surface area contributed by atoms with Gasteiger partial charge in [-0.25, -0.2) is 0 Å². The number of amides is 1. The van der Waals surface area contributed by atoms with Crippen molar-refractivity contribution >= 4 is 21.8 Å². The second-order valence-corrected chi connectivity index (χ2v) is 5.28. The summed E-state index contributed by atoms with van der Waals surface area (Å²) in [6, 6.07) is 7.86. The first kappa shape index (κ1) is 14.2. The minimum Gasteiger partial charge on any atom is -0.368 e. The average molecular weight is 299 g/mol. The van der Waals surface area contributed by atoms with Crippen molar-refractivity contribution in [2.75, 3.05) is 0 Å². The van der Waals surface area contributed by atoms with E-state index in [0.29, 0.717) is 0 Å². The number of hydrogen-bond acceptors (Lipinski definition) is 2. The molecule has 17 heavy (non-hydrogen) atoms. The molecule has 0 radical (unpaired) electrons. The molecule has 1 aromatic carbocycles. The number of carbonyl (C=O) groups is 1. The van der Waals surface area contributed by atoms with Gasteiger partial charge in [-0.15, -0.1) is 0 Å². The van der Waals surface area contributed by atoms with Gasteiger partial charge in [0.05, 0.1) is 0 Å². The van der Waals surface area contributed by atoms with Crippen LogP contribution in [0.3, 0.4) is 0 Å². The number of nitrogens with one attached hydrogen (secondary N) is 1. The van der Waals surface area contributed by atoms with Gasteiger partial charge in [-0.3, -0.25) is 10.1 Å². The van der Waals surface area contributed by atoms with Crippen LogP contribution < -0.4 is 11.1 Å². The molecule has 0 spiro atoms. The van der Waals surface area contributed by atoms with E-state index in [0.717, 1.165) is 16.5 Å². The SMILES string of the molecule is CCC(C)NC(C)(C(N)=O)c1ccccc1Br. The number of nitrogens with two attached hydrogens (primary N) is 1. The highest BCUT2D eigenvalue weighted by molar-refractivity contribution is 9.10. The Morgan fingerprint density at radius 1 is 1.53 bits per heavy atom. The molecular formula is C13H19BrN2O. The summed E-state index contributed by atoms with van der Waals surface area (Å²) in [7, 11) is 0. The van der Waals surface area contributed by atoms with E-state index in [-0.39, 0.29) is 11.9 Å². The molecule has 0 aromatic heterocycles. The van der Waals surface area contributed by atoms with Gasteiger partial charge in [0.25, 0.3) is 0 Å². The van der Waals surface area contributed by atoms with Crippen LogP contribution in [-0.4, -0.2) is 11.9 Å². The molecule has 2 atom stereocenters. The lowest BCUT2D eigenvalue weighted by Crippen LogP contribution is -2.53. The standard InChI is InChI=1S/C13H19BrN2O/c1-4-9(2)16-13(3,12(15)17)10-7-5-6-8-11(10)14/h5-9,16H,4H2,1-3H3,(H2,15,17). The smallest absolute Gasteiger partial charge is 0.242 e. The van der Waals surface area contributed by atoms with Crippen LogP contribution >= 0.6 is 15.9 Å². The van der Waals surface area contributed by atoms with Crippen molar-refractivity contribution < 1.29 is 4.79 Å². The van der Waals surface area contributed by atoms with Gasteiger partial charge in [0, 0.05) is 10.5 Å². The van der Waals surface area contributed by atoms with Crippen LogP contribution in [0.2, 0.25) is 0 Å². The molecule has 94 valence electrons. The average Bonchev–Trinajstić information content (AvgIpc) is 2.28. The van der Waals surface area contributed by atoms with Gasteiger partial charge in [0.15, 0.2) is 0 Å². The molecule has 1 aromatic rings. The second kappa shape index (κ2) is 5.65. The van der Waals surface area contributed by atoms with E-state index in [2.05, 4.69) is 28.2 Å². The quantitative estimate of drug-likeness (QED) is 0.878. The highest BCUT2D eigenvalue weighted by Gasteiger charge is 2.35. The van der Waals surface area contributed by atoms with Gasteiger partial charge in [-0.05, 0) is 31.9 Å². The van der Waals surface area contributed by atoms with E-state index in [9.17, 15) is 4.79 Å². The van der Waals surface area contributed by atoms with Gasteiger partial charge in [0.2, 0.25) is 5.91 Å². The molecule has 0 aliphatic rings. The van der Waals surface area contributed by atoms with Gasteiger partial charge in [-0.2, -0.15) is 0 Å². The van der Waals surface area contributed by atoms with Crippen LogP contribution in [0.15, 0.2) is 28.7 Å². The monoisotopic (exact) mass is 298 g/mol. The largest absolute Gasteiger partial charge is 0.368 e. The van der Waals surface area contributed by atoms with Gasteiger partial charge < -0.3 is 5.73 Å². The molecule has 0 aliphatic carbocycles. The fourth-order valence-corrected chi connectivity index (χ4v) is 2.42. The zero-order valence-electron chi connectivity index (χ0n) is 10.5. The molecule has 0 aliphatic heterocycles. The van der Waals surface area contributed by atoms with Crippen molar-refractivity contribution in [1.29, 1.82) is 0 Å². The Hall–Kier alpha value is -0.870. The molecule has 0 fully saturated rings. The molecule has 0 saturated heterocycles. The Morgan fingerprint density at radius 3 is 2.59 bits per heavy atom. The zero-order valence-corrected chi connectivity index (χ0v) is 12.0. The van der Waals surface area contributed by atoms with Gasteiger partial charge in [-0.1, -0.05) is 41.1 Å². The summed E-state index contributed by atoms with van der Waals surface area (Å²) in [5.41, 5.74) is 5.57. The van der Waals surface area contributed by atoms with Crippen molar-refractivity contribution in [2.45, 2.75) is 38.8 Å². The predicted octanol–water partition coefficient (Wildman–Crippen LogP) is 2.54. The molecule has 0 heterocycles. The normalized spacial score (nSPS) is 16.2. The lowest BCUT2D eigenvalue weighted by molar-refractivity contribution is -0.124. The molecule has 4 heteroatoms. The Bertz CT molecular complexity index is 408. The van der Waals surface area contributed by atoms with Crippen LogP contribution in [-0.2, 0) is 10.3 Å². The summed E-state index contributed by atoms with van der Waals surface area (Å²) in [5, 5.41) is 3.30. The van der Waals surface area contributed by atoms with E-state index >= 15 is 0 Å². The molecule has 0 bridgehead atoms. The number of primary amides is 1. The fraction of sp³-hybridized carbons (Fsp3) is 0.462. The van der Waals surface area contributed by atoms with Crippen molar-refractivity contribution in [3.63, 3.8) is 0 Å². The Morgan fingerprint density at radius 2 is 2.12 bits per heavy atom. The van der Waals surface area contributed by atoms with Crippen LogP contribution in [0, 0.1) is 0 Å². The summed E-state index contributed by atoms with van der Waals surface area (Å²) in [6.45, 7) is 5.93. The fourth-order valence-electron chi connectivity index (χ4n) is 1.74. The maximum absolute atomic E-state index is 11.8. The summed E-state index contributed by atoms with van der Waals surface area (Å²) in [6.07, 6.45) is 0.938. The topological polar surface area (TPSA) is 55.1 Å². The molecule has 2 unspecified atom stereocenters. The lowest BCUT2D eigenvalue weighted by atomic mass is 9.90. The van der Waals surface area contributed by atoms with Crippen molar-refractivity contribution in [1.82, 2.24) is 5.32 Å². The van der Waals surface area contributed by atoms with Gasteiger partial charge >= 0.3 is 0 Å². The third-order valence-electron chi connectivity index (χ3n) is 3.05.